The van der Waals surface area contributed by atoms with E-state index in [4.69, 9.17) is 9.47 Å². The third-order valence-corrected chi connectivity index (χ3v) is 4.86. The molecule has 1 aliphatic heterocycles. The van der Waals surface area contributed by atoms with Crippen molar-refractivity contribution in [3.05, 3.63) is 16.0 Å². The lowest BCUT2D eigenvalue weighted by molar-refractivity contribution is -0.255. The summed E-state index contributed by atoms with van der Waals surface area (Å²) in [6.45, 7) is 4.73. The Labute approximate surface area is 149 Å². The highest BCUT2D eigenvalue weighted by Gasteiger charge is 2.32. The van der Waals surface area contributed by atoms with Gasteiger partial charge in [0.15, 0.2) is 0 Å². The molecule has 0 radical (unpaired) electrons. The summed E-state index contributed by atoms with van der Waals surface area (Å²) in [6.07, 6.45) is 0.959. The molecule has 2 N–H and O–H groups in total. The van der Waals surface area contributed by atoms with Crippen LogP contribution in [0.4, 0.5) is 5.00 Å². The van der Waals surface area contributed by atoms with Crippen molar-refractivity contribution in [2.24, 2.45) is 0 Å². The maximum absolute atomic E-state index is 12.0. The molecule has 0 saturated carbocycles. The molecule has 0 aliphatic carbocycles. The van der Waals surface area contributed by atoms with Crippen LogP contribution in [0.2, 0.25) is 0 Å². The summed E-state index contributed by atoms with van der Waals surface area (Å²) in [6, 6.07) is 0. The summed E-state index contributed by atoms with van der Waals surface area (Å²) in [4.78, 5) is 36.1. The first-order valence-electron chi connectivity index (χ1n) is 7.83. The number of hydrogen-bond acceptors (Lipinski definition) is 7. The fraction of sp³-hybridized carbons (Fsp3) is 0.562. The molecular formula is C16H21N2O6S-. The number of carboxylic acids is 1. The zero-order valence-corrected chi connectivity index (χ0v) is 15.2. The number of aromatic carboxylic acids is 1. The number of hydrogen-bond donors (Lipinski definition) is 2. The molecule has 2 heterocycles. The first kappa shape index (κ1) is 19.4. The minimum Gasteiger partial charge on any atom is -0.545 e. The third-order valence-electron chi connectivity index (χ3n) is 3.74. The number of carboxylic acid groups (broad SMARTS) is 1. The fourth-order valence-corrected chi connectivity index (χ4v) is 3.63. The highest BCUT2D eigenvalue weighted by atomic mass is 32.1. The van der Waals surface area contributed by atoms with Crippen LogP contribution in [0.1, 0.15) is 41.1 Å². The van der Waals surface area contributed by atoms with Gasteiger partial charge < -0.3 is 30.0 Å². The maximum atomic E-state index is 12.0. The molecule has 0 unspecified atom stereocenters. The quantitative estimate of drug-likeness (QED) is 0.541. The Balaban J connectivity index is 2.12. The van der Waals surface area contributed by atoms with E-state index in [0.717, 1.165) is 11.3 Å². The number of ether oxygens (including phenoxy) is 2. The number of thiophene rings is 1. The van der Waals surface area contributed by atoms with Gasteiger partial charge in [-0.15, -0.1) is 11.3 Å². The summed E-state index contributed by atoms with van der Waals surface area (Å²) < 4.78 is 10.5. The van der Waals surface area contributed by atoms with Crippen LogP contribution < -0.4 is 15.7 Å². The molecule has 138 valence electrons. The predicted octanol–water partition coefficient (Wildman–Crippen LogP) is 0.0541. The van der Waals surface area contributed by atoms with Crippen LogP contribution in [0.5, 0.6) is 0 Å². The van der Waals surface area contributed by atoms with Crippen molar-refractivity contribution in [3.8, 4) is 0 Å². The molecule has 0 saturated heterocycles. The summed E-state index contributed by atoms with van der Waals surface area (Å²) in [7, 11) is 1.54. The number of rotatable bonds is 6. The number of anilines is 1. The van der Waals surface area contributed by atoms with Crippen molar-refractivity contribution in [1.82, 2.24) is 5.32 Å². The van der Waals surface area contributed by atoms with Crippen LogP contribution in [0.3, 0.4) is 0 Å². The second-order valence-corrected chi connectivity index (χ2v) is 7.38. The monoisotopic (exact) mass is 369 g/mol. The summed E-state index contributed by atoms with van der Waals surface area (Å²) >= 11 is 1.09. The van der Waals surface area contributed by atoms with Gasteiger partial charge in [0.1, 0.15) is 5.00 Å². The largest absolute Gasteiger partial charge is 0.545 e. The van der Waals surface area contributed by atoms with E-state index >= 15 is 0 Å². The Hall–Kier alpha value is -1.97. The molecule has 1 aromatic rings. The Kier molecular flexibility index (Phi) is 6.15. The van der Waals surface area contributed by atoms with E-state index < -0.39 is 23.4 Å². The van der Waals surface area contributed by atoms with Crippen LogP contribution >= 0.6 is 11.3 Å². The molecule has 9 heteroatoms. The van der Waals surface area contributed by atoms with Gasteiger partial charge in [-0.25, -0.2) is 0 Å². The van der Waals surface area contributed by atoms with Gasteiger partial charge in [0.25, 0.3) is 0 Å². The summed E-state index contributed by atoms with van der Waals surface area (Å²) in [5, 5.41) is 16.5. The van der Waals surface area contributed by atoms with Crippen LogP contribution in [-0.2, 0) is 32.1 Å². The number of carbonyl (C=O) groups is 3. The first-order valence-corrected chi connectivity index (χ1v) is 8.65. The minimum atomic E-state index is -1.38. The van der Waals surface area contributed by atoms with Gasteiger partial charge in [0.2, 0.25) is 0 Å². The van der Waals surface area contributed by atoms with Crippen LogP contribution in [-0.4, -0.2) is 43.6 Å². The molecule has 0 fully saturated rings. The molecule has 1 aliphatic rings. The highest BCUT2D eigenvalue weighted by Crippen LogP contribution is 2.40. The van der Waals surface area contributed by atoms with E-state index in [-0.39, 0.29) is 23.7 Å². The van der Waals surface area contributed by atoms with E-state index in [1.165, 1.54) is 0 Å². The van der Waals surface area contributed by atoms with Gasteiger partial charge in [-0.1, -0.05) is 0 Å². The molecule has 0 bridgehead atoms. The zero-order chi connectivity index (χ0) is 18.6. The molecule has 25 heavy (non-hydrogen) atoms. The summed E-state index contributed by atoms with van der Waals surface area (Å²) in [5.74, 6) is -3.13. The van der Waals surface area contributed by atoms with Crippen LogP contribution in [0, 0.1) is 0 Å². The molecular weight excluding hydrogens is 348 g/mol. The predicted molar refractivity (Wildman–Crippen MR) is 89.4 cm³/mol. The molecule has 2 amide bonds. The fourth-order valence-electron chi connectivity index (χ4n) is 2.52. The standard InChI is InChI=1S/C16H22N2O6S/c1-16(2)7-9-10(8-24-16)25-14(11(9)15(21)22)18-13(20)12(19)17-5-4-6-23-3/h4-8H2,1-3H3,(H,17,19)(H,18,20)(H,21,22)/p-1. The van der Waals surface area contributed by atoms with Crippen LogP contribution in [0.25, 0.3) is 0 Å². The van der Waals surface area contributed by atoms with Gasteiger partial charge in [0.05, 0.1) is 18.2 Å². The second kappa shape index (κ2) is 7.94. The summed E-state index contributed by atoms with van der Waals surface area (Å²) in [5.41, 5.74) is 0.0205. The molecule has 0 spiro atoms. The molecule has 8 nitrogen and oxygen atoms in total. The van der Waals surface area contributed by atoms with Gasteiger partial charge in [-0.05, 0) is 25.8 Å². The lowest BCUT2D eigenvalue weighted by atomic mass is 9.93. The van der Waals surface area contributed by atoms with Gasteiger partial charge in [0, 0.05) is 37.1 Å². The normalized spacial score (nSPS) is 15.3. The third kappa shape index (κ3) is 4.77. The number of amides is 2. The van der Waals surface area contributed by atoms with Crippen molar-refractivity contribution in [2.75, 3.05) is 25.6 Å². The first-order chi connectivity index (χ1) is 11.7. The van der Waals surface area contributed by atoms with E-state index in [9.17, 15) is 19.5 Å². The van der Waals surface area contributed by atoms with E-state index in [1.807, 2.05) is 13.8 Å². The number of fused-ring (bicyclic) bond motifs is 1. The zero-order valence-electron chi connectivity index (χ0n) is 14.4. The Morgan fingerprint density at radius 1 is 1.32 bits per heavy atom. The van der Waals surface area contributed by atoms with E-state index in [1.54, 1.807) is 7.11 Å². The van der Waals surface area contributed by atoms with Gasteiger partial charge in [-0.2, -0.15) is 0 Å². The smallest absolute Gasteiger partial charge is 0.314 e. The van der Waals surface area contributed by atoms with E-state index in [2.05, 4.69) is 10.6 Å². The SMILES string of the molecule is COCCCNC(=O)C(=O)Nc1sc2c(c1C(=O)[O-])CC(C)(C)OC2. The highest BCUT2D eigenvalue weighted by molar-refractivity contribution is 7.17. The molecule has 0 aromatic carbocycles. The van der Waals surface area contributed by atoms with Crippen molar-refractivity contribution in [1.29, 1.82) is 0 Å². The number of carbonyl (C=O) groups excluding carboxylic acids is 3. The Morgan fingerprint density at radius 3 is 2.68 bits per heavy atom. The number of nitrogens with one attached hydrogen (secondary N) is 2. The lowest BCUT2D eigenvalue weighted by Crippen LogP contribution is -2.37. The minimum absolute atomic E-state index is 0.0723. The van der Waals surface area contributed by atoms with Gasteiger partial charge in [-0.3, -0.25) is 9.59 Å². The topological polar surface area (TPSA) is 117 Å². The van der Waals surface area contributed by atoms with E-state index in [0.29, 0.717) is 29.9 Å². The van der Waals surface area contributed by atoms with Crippen molar-refractivity contribution in [2.45, 2.75) is 38.9 Å². The van der Waals surface area contributed by atoms with Crippen LogP contribution in [0.15, 0.2) is 0 Å². The second-order valence-electron chi connectivity index (χ2n) is 6.28. The lowest BCUT2D eigenvalue weighted by Gasteiger charge is -2.30. The van der Waals surface area contributed by atoms with Crippen molar-refractivity contribution < 1.29 is 29.0 Å². The average Bonchev–Trinajstić information content (AvgIpc) is 2.87. The Bertz CT molecular complexity index is 682. The van der Waals surface area contributed by atoms with Gasteiger partial charge >= 0.3 is 11.8 Å². The maximum Gasteiger partial charge on any atom is 0.314 e. The molecule has 2 rings (SSSR count). The number of methoxy groups -OCH3 is 1. The van der Waals surface area contributed by atoms with Crippen molar-refractivity contribution >= 4 is 34.1 Å². The average molecular weight is 369 g/mol. The molecule has 1 aromatic heterocycles. The molecule has 0 atom stereocenters. The van der Waals surface area contributed by atoms with Crippen molar-refractivity contribution in [3.63, 3.8) is 0 Å². The Morgan fingerprint density at radius 2 is 2.04 bits per heavy atom.